The Balaban J connectivity index is 0. The molecule has 0 saturated heterocycles. The van der Waals surface area contributed by atoms with Gasteiger partial charge >= 0.3 is 0 Å². The van der Waals surface area contributed by atoms with Crippen LogP contribution in [0.1, 0.15) is 31.4 Å². The SMILES string of the molecule is C=O.C=O.CCCc1ccc(CC)cc1. The van der Waals surface area contributed by atoms with E-state index in [1.807, 2.05) is 13.6 Å². The third-order valence-electron chi connectivity index (χ3n) is 1.97. The minimum Gasteiger partial charge on any atom is -0.307 e. The molecule has 0 heterocycles. The zero-order valence-electron chi connectivity index (χ0n) is 9.66. The summed E-state index contributed by atoms with van der Waals surface area (Å²) >= 11 is 0. The molecular weight excluding hydrogens is 188 g/mol. The van der Waals surface area contributed by atoms with E-state index >= 15 is 0 Å². The number of hydrogen-bond acceptors (Lipinski definition) is 2. The first-order chi connectivity index (χ1) is 7.36. The smallest absolute Gasteiger partial charge is 0.106 e. The second-order valence-electron chi connectivity index (χ2n) is 2.92. The zero-order chi connectivity index (χ0) is 12.1. The van der Waals surface area contributed by atoms with Gasteiger partial charge in [0.2, 0.25) is 0 Å². The standard InChI is InChI=1S/C11H16.2CH2O/c1-3-5-11-8-6-10(4-2)7-9-11;2*1-2/h6-9H,3-5H2,1-2H3;2*1H2. The molecule has 0 aliphatic rings. The summed E-state index contributed by atoms with van der Waals surface area (Å²) in [5.41, 5.74) is 2.90. The van der Waals surface area contributed by atoms with Gasteiger partial charge in [0.05, 0.1) is 0 Å². The van der Waals surface area contributed by atoms with Gasteiger partial charge in [-0.15, -0.1) is 0 Å². The van der Waals surface area contributed by atoms with Crippen LogP contribution in [0.25, 0.3) is 0 Å². The number of aryl methyl sites for hydroxylation is 2. The molecule has 0 aliphatic heterocycles. The van der Waals surface area contributed by atoms with Crippen LogP contribution in [0, 0.1) is 0 Å². The van der Waals surface area contributed by atoms with Crippen molar-refractivity contribution in [3.05, 3.63) is 35.4 Å². The predicted molar refractivity (Wildman–Crippen MR) is 64.1 cm³/mol. The van der Waals surface area contributed by atoms with Crippen LogP contribution in [-0.4, -0.2) is 13.6 Å². The number of carbonyl (C=O) groups is 2. The maximum absolute atomic E-state index is 8.00. The lowest BCUT2D eigenvalue weighted by Gasteiger charge is -1.99. The highest BCUT2D eigenvalue weighted by molar-refractivity contribution is 5.22. The average Bonchev–Trinajstić information content (AvgIpc) is 2.36. The van der Waals surface area contributed by atoms with Crippen LogP contribution < -0.4 is 0 Å². The Morgan fingerprint density at radius 3 is 1.60 bits per heavy atom. The van der Waals surface area contributed by atoms with Crippen molar-refractivity contribution in [2.75, 3.05) is 0 Å². The minimum atomic E-state index is 1.15. The van der Waals surface area contributed by atoms with Crippen molar-refractivity contribution < 1.29 is 9.59 Å². The van der Waals surface area contributed by atoms with Crippen LogP contribution in [-0.2, 0) is 22.4 Å². The molecular formula is C13H20O2. The van der Waals surface area contributed by atoms with Crippen LogP contribution in [0.5, 0.6) is 0 Å². The molecule has 0 aliphatic carbocycles. The Bertz CT molecular complexity index is 227. The first-order valence-corrected chi connectivity index (χ1v) is 5.02. The van der Waals surface area contributed by atoms with Crippen molar-refractivity contribution >= 4 is 13.6 Å². The molecule has 1 aromatic rings. The molecule has 1 aromatic carbocycles. The molecule has 0 radical (unpaired) electrons. The average molecular weight is 208 g/mol. The summed E-state index contributed by atoms with van der Waals surface area (Å²) < 4.78 is 0. The van der Waals surface area contributed by atoms with Gasteiger partial charge < -0.3 is 9.59 Å². The van der Waals surface area contributed by atoms with Crippen LogP contribution in [0.2, 0.25) is 0 Å². The molecule has 0 aromatic heterocycles. The van der Waals surface area contributed by atoms with E-state index < -0.39 is 0 Å². The topological polar surface area (TPSA) is 34.1 Å². The summed E-state index contributed by atoms with van der Waals surface area (Å²) in [7, 11) is 0. The molecule has 2 heteroatoms. The van der Waals surface area contributed by atoms with Gasteiger partial charge in [0.1, 0.15) is 13.6 Å². The Kier molecular flexibility index (Phi) is 13.4. The fourth-order valence-electron chi connectivity index (χ4n) is 1.23. The molecule has 0 unspecified atom stereocenters. The molecule has 0 spiro atoms. The molecule has 84 valence electrons. The fourth-order valence-corrected chi connectivity index (χ4v) is 1.23. The lowest BCUT2D eigenvalue weighted by atomic mass is 10.1. The number of rotatable bonds is 3. The molecule has 2 nitrogen and oxygen atoms in total. The quantitative estimate of drug-likeness (QED) is 0.765. The van der Waals surface area contributed by atoms with Gasteiger partial charge in [-0.3, -0.25) is 0 Å². The molecule has 15 heavy (non-hydrogen) atoms. The van der Waals surface area contributed by atoms with Gasteiger partial charge in [-0.05, 0) is 24.0 Å². The van der Waals surface area contributed by atoms with E-state index in [1.54, 1.807) is 0 Å². The maximum atomic E-state index is 8.00. The van der Waals surface area contributed by atoms with Crippen molar-refractivity contribution in [1.82, 2.24) is 0 Å². The summed E-state index contributed by atoms with van der Waals surface area (Å²) in [6.07, 6.45) is 3.60. The number of hydrogen-bond donors (Lipinski definition) is 0. The second kappa shape index (κ2) is 12.6. The maximum Gasteiger partial charge on any atom is 0.106 e. The molecule has 0 bridgehead atoms. The van der Waals surface area contributed by atoms with Crippen LogP contribution in [0.15, 0.2) is 24.3 Å². The number of benzene rings is 1. The predicted octanol–water partition coefficient (Wildman–Crippen LogP) is 2.83. The number of carbonyl (C=O) groups excluding carboxylic acids is 2. The lowest BCUT2D eigenvalue weighted by molar-refractivity contribution is -0.0987. The summed E-state index contributed by atoms with van der Waals surface area (Å²) in [6.45, 7) is 8.41. The van der Waals surface area contributed by atoms with Crippen molar-refractivity contribution in [1.29, 1.82) is 0 Å². The van der Waals surface area contributed by atoms with Crippen molar-refractivity contribution in [3.8, 4) is 0 Å². The molecule has 0 fully saturated rings. The minimum absolute atomic E-state index is 1.15. The van der Waals surface area contributed by atoms with Gasteiger partial charge in [0.15, 0.2) is 0 Å². The van der Waals surface area contributed by atoms with Gasteiger partial charge in [-0.2, -0.15) is 0 Å². The van der Waals surface area contributed by atoms with E-state index in [4.69, 9.17) is 9.59 Å². The van der Waals surface area contributed by atoms with E-state index in [9.17, 15) is 0 Å². The van der Waals surface area contributed by atoms with Crippen molar-refractivity contribution in [2.45, 2.75) is 33.1 Å². The largest absolute Gasteiger partial charge is 0.307 e. The van der Waals surface area contributed by atoms with Crippen LogP contribution >= 0.6 is 0 Å². The van der Waals surface area contributed by atoms with Crippen LogP contribution in [0.4, 0.5) is 0 Å². The van der Waals surface area contributed by atoms with Crippen LogP contribution in [0.3, 0.4) is 0 Å². The molecule has 1 rings (SSSR count). The molecule has 0 saturated carbocycles. The van der Waals surface area contributed by atoms with Gasteiger partial charge in [-0.1, -0.05) is 44.5 Å². The highest BCUT2D eigenvalue weighted by Crippen LogP contribution is 2.06. The van der Waals surface area contributed by atoms with Gasteiger partial charge in [0.25, 0.3) is 0 Å². The Hall–Kier alpha value is -1.44. The third-order valence-corrected chi connectivity index (χ3v) is 1.97. The van der Waals surface area contributed by atoms with E-state index in [0.717, 1.165) is 6.42 Å². The van der Waals surface area contributed by atoms with Crippen molar-refractivity contribution in [3.63, 3.8) is 0 Å². The van der Waals surface area contributed by atoms with Crippen molar-refractivity contribution in [2.24, 2.45) is 0 Å². The first-order valence-electron chi connectivity index (χ1n) is 5.02. The Labute approximate surface area is 92.3 Å². The van der Waals surface area contributed by atoms with E-state index in [2.05, 4.69) is 38.1 Å². The monoisotopic (exact) mass is 208 g/mol. The normalized spacial score (nSPS) is 7.87. The van der Waals surface area contributed by atoms with E-state index in [0.29, 0.717) is 0 Å². The van der Waals surface area contributed by atoms with Gasteiger partial charge in [-0.25, -0.2) is 0 Å². The summed E-state index contributed by atoms with van der Waals surface area (Å²) in [5.74, 6) is 0. The second-order valence-corrected chi connectivity index (χ2v) is 2.92. The lowest BCUT2D eigenvalue weighted by Crippen LogP contribution is -1.84. The fraction of sp³-hybridized carbons (Fsp3) is 0.385. The third kappa shape index (κ3) is 7.62. The Morgan fingerprint density at radius 1 is 0.867 bits per heavy atom. The summed E-state index contributed by atoms with van der Waals surface area (Å²) in [5, 5.41) is 0. The highest BCUT2D eigenvalue weighted by atomic mass is 16.1. The highest BCUT2D eigenvalue weighted by Gasteiger charge is 1.90. The summed E-state index contributed by atoms with van der Waals surface area (Å²) in [4.78, 5) is 16.0. The molecule has 0 N–H and O–H groups in total. The molecule has 0 atom stereocenters. The first kappa shape index (κ1) is 16.0. The summed E-state index contributed by atoms with van der Waals surface area (Å²) in [6, 6.07) is 8.93. The van der Waals surface area contributed by atoms with E-state index in [-0.39, 0.29) is 0 Å². The zero-order valence-corrected chi connectivity index (χ0v) is 9.66. The molecule has 0 amide bonds. The Morgan fingerprint density at radius 2 is 1.27 bits per heavy atom. The van der Waals surface area contributed by atoms with E-state index in [1.165, 1.54) is 24.0 Å². The van der Waals surface area contributed by atoms with Gasteiger partial charge in [0, 0.05) is 0 Å².